The van der Waals surface area contributed by atoms with Crippen LogP contribution in [-0.4, -0.2) is 40.2 Å². The number of fused-ring (bicyclic) bond motifs is 1. The lowest BCUT2D eigenvalue weighted by Gasteiger charge is -2.37. The number of hydrogen-bond acceptors (Lipinski definition) is 7. The van der Waals surface area contributed by atoms with Crippen molar-refractivity contribution < 1.29 is 28.7 Å². The second-order valence-corrected chi connectivity index (χ2v) is 10.3. The molecule has 2 aromatic carbocycles. The van der Waals surface area contributed by atoms with Crippen molar-refractivity contribution in [2.45, 2.75) is 58.0 Å². The van der Waals surface area contributed by atoms with Gasteiger partial charge in [0.15, 0.2) is 11.3 Å². The molecule has 1 aromatic heterocycles. The average molecular weight is 534 g/mol. The molecule has 0 bridgehead atoms. The normalized spacial score (nSPS) is 18.1. The van der Waals surface area contributed by atoms with E-state index < -0.39 is 40.7 Å². The van der Waals surface area contributed by atoms with E-state index in [1.807, 2.05) is 26.8 Å². The maximum atomic E-state index is 13.6. The number of anilines is 1. The molecule has 0 saturated carbocycles. The van der Waals surface area contributed by atoms with E-state index in [0.29, 0.717) is 16.5 Å². The van der Waals surface area contributed by atoms with E-state index in [0.717, 1.165) is 5.56 Å². The first-order chi connectivity index (χ1) is 18.5. The number of aromatic hydroxyl groups is 1. The summed E-state index contributed by atoms with van der Waals surface area (Å²) in [5, 5.41) is 18.0. The minimum Gasteiger partial charge on any atom is -0.508 e. The van der Waals surface area contributed by atoms with E-state index >= 15 is 0 Å². The predicted molar refractivity (Wildman–Crippen MR) is 144 cm³/mol. The summed E-state index contributed by atoms with van der Waals surface area (Å²) in [6.07, 6.45) is -0.0560. The van der Waals surface area contributed by atoms with Gasteiger partial charge in [-0.3, -0.25) is 19.2 Å². The van der Waals surface area contributed by atoms with Gasteiger partial charge in [0.2, 0.25) is 11.8 Å². The second kappa shape index (κ2) is 11.1. The molecule has 2 heterocycles. The smallest absolute Gasteiger partial charge is 0.360 e. The number of carbonyl (C=O) groups excluding carboxylic acids is 4. The van der Waals surface area contributed by atoms with Crippen molar-refractivity contribution in [2.75, 3.05) is 5.32 Å². The van der Waals surface area contributed by atoms with Gasteiger partial charge in [0.05, 0.1) is 0 Å². The summed E-state index contributed by atoms with van der Waals surface area (Å²) in [5.74, 6) is -2.46. The molecule has 0 spiro atoms. The molecule has 4 rings (SSSR count). The summed E-state index contributed by atoms with van der Waals surface area (Å²) in [4.78, 5) is 65.1. The van der Waals surface area contributed by atoms with E-state index in [-0.39, 0.29) is 43.0 Å². The highest BCUT2D eigenvalue weighted by atomic mass is 16.4. The third-order valence-corrected chi connectivity index (χ3v) is 6.66. The summed E-state index contributed by atoms with van der Waals surface area (Å²) < 4.78 is 5.37. The van der Waals surface area contributed by atoms with E-state index in [9.17, 15) is 29.1 Å². The number of hydrogen-bond donors (Lipinski definition) is 4. The van der Waals surface area contributed by atoms with Crippen molar-refractivity contribution in [1.29, 1.82) is 0 Å². The zero-order valence-corrected chi connectivity index (χ0v) is 22.0. The summed E-state index contributed by atoms with van der Waals surface area (Å²) in [6, 6.07) is 11.6. The highest BCUT2D eigenvalue weighted by molar-refractivity contribution is 6.16. The second-order valence-electron chi connectivity index (χ2n) is 10.3. The number of aryl methyl sites for hydroxylation is 1. The number of rotatable bonds is 8. The first-order valence-electron chi connectivity index (χ1n) is 12.8. The zero-order chi connectivity index (χ0) is 28.3. The Morgan fingerprint density at radius 3 is 2.46 bits per heavy atom. The molecular formula is C29H31N3O7. The van der Waals surface area contributed by atoms with Crippen LogP contribution in [0.5, 0.6) is 5.75 Å². The molecule has 2 atom stereocenters. The van der Waals surface area contributed by atoms with Crippen LogP contribution in [0.2, 0.25) is 0 Å². The number of piperidine rings is 1. The van der Waals surface area contributed by atoms with Crippen LogP contribution in [0.25, 0.3) is 11.0 Å². The van der Waals surface area contributed by atoms with Crippen molar-refractivity contribution in [3.63, 3.8) is 0 Å². The van der Waals surface area contributed by atoms with Gasteiger partial charge >= 0.3 is 5.63 Å². The zero-order valence-electron chi connectivity index (χ0n) is 22.0. The third-order valence-electron chi connectivity index (χ3n) is 6.66. The molecule has 3 amide bonds. The topological polar surface area (TPSA) is 155 Å². The largest absolute Gasteiger partial charge is 0.508 e. The highest BCUT2D eigenvalue weighted by Gasteiger charge is 2.50. The lowest BCUT2D eigenvalue weighted by Crippen LogP contribution is -2.68. The first kappa shape index (κ1) is 27.6. The Bertz CT molecular complexity index is 1490. The summed E-state index contributed by atoms with van der Waals surface area (Å²) in [7, 11) is 0. The van der Waals surface area contributed by atoms with Crippen molar-refractivity contribution in [2.24, 2.45) is 5.92 Å². The van der Waals surface area contributed by atoms with Crippen LogP contribution in [0.15, 0.2) is 57.7 Å². The van der Waals surface area contributed by atoms with Crippen molar-refractivity contribution in [3.05, 3.63) is 70.1 Å². The molecule has 1 aliphatic rings. The van der Waals surface area contributed by atoms with Crippen LogP contribution in [0.4, 0.5) is 5.69 Å². The van der Waals surface area contributed by atoms with Gasteiger partial charge in [-0.15, -0.1) is 0 Å². The molecule has 39 heavy (non-hydrogen) atoms. The lowest BCUT2D eigenvalue weighted by atomic mass is 9.79. The van der Waals surface area contributed by atoms with E-state index in [4.69, 9.17) is 4.42 Å². The molecule has 1 saturated heterocycles. The molecular weight excluding hydrogens is 502 g/mol. The molecule has 10 nitrogen and oxygen atoms in total. The van der Waals surface area contributed by atoms with E-state index in [1.165, 1.54) is 18.2 Å². The van der Waals surface area contributed by atoms with Crippen molar-refractivity contribution in [1.82, 2.24) is 10.6 Å². The number of amides is 3. The fourth-order valence-corrected chi connectivity index (χ4v) is 4.75. The molecule has 4 N–H and O–H groups in total. The average Bonchev–Trinajstić information content (AvgIpc) is 2.87. The first-order valence-corrected chi connectivity index (χ1v) is 12.8. The Morgan fingerprint density at radius 1 is 1.05 bits per heavy atom. The van der Waals surface area contributed by atoms with Crippen molar-refractivity contribution in [3.8, 4) is 5.75 Å². The van der Waals surface area contributed by atoms with Gasteiger partial charge in [-0.1, -0.05) is 38.1 Å². The van der Waals surface area contributed by atoms with Gasteiger partial charge in [0, 0.05) is 24.6 Å². The quantitative estimate of drug-likeness (QED) is 0.256. The van der Waals surface area contributed by atoms with Crippen LogP contribution in [0.1, 0.15) is 44.2 Å². The highest BCUT2D eigenvalue weighted by Crippen LogP contribution is 2.26. The Kier molecular flexibility index (Phi) is 7.85. The number of Topliss-reactive ketones (excluding diaryl/α,β-unsaturated/α-hetero) is 1. The van der Waals surface area contributed by atoms with Crippen LogP contribution in [0, 0.1) is 12.8 Å². The predicted octanol–water partition coefficient (Wildman–Crippen LogP) is 2.74. The van der Waals surface area contributed by atoms with Gasteiger partial charge in [-0.05, 0) is 54.7 Å². The van der Waals surface area contributed by atoms with Crippen LogP contribution < -0.4 is 21.6 Å². The SMILES string of the molecule is Cc1ccc2cc(NC(=O)[C@H](Cc3ccc(O)cc3)NC(=O)[C@]3(CC(C)C)NC(=O)CCC3=O)c(=O)oc2c1. The molecule has 10 heteroatoms. The van der Waals surface area contributed by atoms with E-state index in [1.54, 1.807) is 24.3 Å². The number of ketones is 1. The minimum absolute atomic E-state index is 0.0132. The number of carbonyl (C=O) groups is 4. The molecule has 0 unspecified atom stereocenters. The maximum absolute atomic E-state index is 13.6. The molecule has 1 aliphatic heterocycles. The van der Waals surface area contributed by atoms with Gasteiger partial charge < -0.3 is 25.5 Å². The van der Waals surface area contributed by atoms with Gasteiger partial charge in [-0.2, -0.15) is 0 Å². The van der Waals surface area contributed by atoms with Crippen molar-refractivity contribution >= 4 is 40.2 Å². The molecule has 0 radical (unpaired) electrons. The fourth-order valence-electron chi connectivity index (χ4n) is 4.75. The Morgan fingerprint density at radius 2 is 1.77 bits per heavy atom. The summed E-state index contributed by atoms with van der Waals surface area (Å²) in [6.45, 7) is 5.51. The number of nitrogens with one attached hydrogen (secondary N) is 3. The molecule has 3 aromatic rings. The Labute approximate surface area is 224 Å². The van der Waals surface area contributed by atoms with Crippen LogP contribution in [0.3, 0.4) is 0 Å². The minimum atomic E-state index is -1.81. The standard InChI is InChI=1S/C29H31N3O7/c1-16(2)15-29(24(34)10-11-25(35)32-29)28(38)31-21(13-18-5-8-20(33)9-6-18)26(36)30-22-14-19-7-4-17(3)12-23(19)39-27(22)37/h4-9,12,14,16,21,33H,10-11,13,15H2,1-3H3,(H,30,36)(H,31,38)(H,32,35)/t21-,29+/m0/s1. The maximum Gasteiger partial charge on any atom is 0.360 e. The molecule has 0 aliphatic carbocycles. The monoisotopic (exact) mass is 533 g/mol. The molecule has 1 fully saturated rings. The van der Waals surface area contributed by atoms with Gasteiger partial charge in [-0.25, -0.2) is 4.79 Å². The summed E-state index contributed by atoms with van der Waals surface area (Å²) >= 11 is 0. The number of benzene rings is 2. The lowest BCUT2D eigenvalue weighted by molar-refractivity contribution is -0.147. The number of phenolic OH excluding ortho intramolecular Hbond substituents is 1. The van der Waals surface area contributed by atoms with Gasteiger partial charge in [0.25, 0.3) is 5.91 Å². The van der Waals surface area contributed by atoms with Crippen LogP contribution >= 0.6 is 0 Å². The fraction of sp³-hybridized carbons (Fsp3) is 0.345. The summed E-state index contributed by atoms with van der Waals surface area (Å²) in [5.41, 5.74) is -0.807. The van der Waals surface area contributed by atoms with E-state index in [2.05, 4.69) is 16.0 Å². The molecule has 204 valence electrons. The van der Waals surface area contributed by atoms with Gasteiger partial charge in [0.1, 0.15) is 23.1 Å². The van der Waals surface area contributed by atoms with Crippen LogP contribution in [-0.2, 0) is 25.6 Å². The Balaban J connectivity index is 1.66. The third kappa shape index (κ3) is 6.17. The Hall–Kier alpha value is -4.47. The number of phenols is 1.